The normalized spacial score (nSPS) is 13.3. The number of carbonyl (C=O) groups is 1. The number of aliphatic hydroxyl groups excluding tert-OH is 1. The third-order valence-electron chi connectivity index (χ3n) is 3.84. The van der Waals surface area contributed by atoms with E-state index in [9.17, 15) is 14.3 Å². The van der Waals surface area contributed by atoms with Gasteiger partial charge in [-0.05, 0) is 42.7 Å². The molecule has 0 aliphatic carbocycles. The molecule has 7 nitrogen and oxygen atoms in total. The molecule has 1 aliphatic heterocycles. The summed E-state index contributed by atoms with van der Waals surface area (Å²) in [6, 6.07) is 8.66. The molecule has 0 unspecified atom stereocenters. The zero-order chi connectivity index (χ0) is 18.5. The van der Waals surface area contributed by atoms with E-state index < -0.39 is 23.8 Å². The summed E-state index contributed by atoms with van der Waals surface area (Å²) in [5.41, 5.74) is 0.839. The van der Waals surface area contributed by atoms with Gasteiger partial charge in [-0.25, -0.2) is 9.18 Å². The number of phenolic OH excluding ortho intramolecular Hbond substituents is 1. The summed E-state index contributed by atoms with van der Waals surface area (Å²) in [6.07, 6.45) is -0.841. The number of fused-ring (bicyclic) bond motifs is 1. The van der Waals surface area contributed by atoms with Crippen molar-refractivity contribution in [1.82, 2.24) is 0 Å². The zero-order valence-corrected chi connectivity index (χ0v) is 13.8. The molecule has 138 valence electrons. The Bertz CT molecular complexity index is 797. The zero-order valence-electron chi connectivity index (χ0n) is 13.8. The van der Waals surface area contributed by atoms with E-state index in [1.807, 2.05) is 0 Å². The molecule has 0 aromatic heterocycles. The van der Waals surface area contributed by atoms with Crippen LogP contribution in [-0.2, 0) is 4.74 Å². The van der Waals surface area contributed by atoms with Crippen LogP contribution in [0.25, 0.3) is 0 Å². The molecule has 2 aromatic carbocycles. The van der Waals surface area contributed by atoms with Crippen molar-refractivity contribution in [2.24, 2.45) is 0 Å². The summed E-state index contributed by atoms with van der Waals surface area (Å²) < 4.78 is 29.4. The summed E-state index contributed by atoms with van der Waals surface area (Å²) in [7, 11) is 0. The number of carbonyl (C=O) groups excluding carboxylic acids is 1. The van der Waals surface area contributed by atoms with Crippen LogP contribution in [0.2, 0.25) is 0 Å². The predicted octanol–water partition coefficient (Wildman–Crippen LogP) is 3.32. The van der Waals surface area contributed by atoms with E-state index in [1.54, 1.807) is 18.2 Å². The van der Waals surface area contributed by atoms with Gasteiger partial charge in [0.25, 0.3) is 0 Å². The molecule has 2 aromatic rings. The van der Waals surface area contributed by atoms with Gasteiger partial charge >= 0.3 is 6.09 Å². The van der Waals surface area contributed by atoms with E-state index >= 15 is 0 Å². The van der Waals surface area contributed by atoms with Gasteiger partial charge in [-0.3, -0.25) is 5.32 Å². The summed E-state index contributed by atoms with van der Waals surface area (Å²) in [5.74, 6) is -0.194. The number of hydrogen-bond acceptors (Lipinski definition) is 6. The molecule has 0 spiro atoms. The number of nitrogens with one attached hydrogen (secondary N) is 1. The Hall–Kier alpha value is -3.00. The number of rotatable bonds is 6. The number of hydrogen-bond donors (Lipinski definition) is 3. The molecular formula is C18H18FNO6. The lowest BCUT2D eigenvalue weighted by Crippen LogP contribution is -2.18. The van der Waals surface area contributed by atoms with Gasteiger partial charge in [0.15, 0.2) is 23.1 Å². The maximum absolute atomic E-state index is 13.6. The van der Waals surface area contributed by atoms with Crippen LogP contribution in [0.5, 0.6) is 17.2 Å². The molecule has 1 atom stereocenters. The quantitative estimate of drug-likeness (QED) is 0.728. The van der Waals surface area contributed by atoms with Crippen LogP contribution in [0.15, 0.2) is 36.4 Å². The second-order valence-corrected chi connectivity index (χ2v) is 5.66. The van der Waals surface area contributed by atoms with Crippen molar-refractivity contribution < 1.29 is 33.6 Å². The molecule has 1 amide bonds. The average molecular weight is 363 g/mol. The van der Waals surface area contributed by atoms with Crippen molar-refractivity contribution in [3.05, 3.63) is 47.8 Å². The first-order chi connectivity index (χ1) is 12.6. The fraction of sp³-hybridized carbons (Fsp3) is 0.278. The molecule has 3 N–H and O–H groups in total. The maximum Gasteiger partial charge on any atom is 0.412 e. The number of aromatic hydroxyl groups is 1. The molecule has 0 saturated heterocycles. The van der Waals surface area contributed by atoms with Crippen LogP contribution < -0.4 is 14.8 Å². The SMILES string of the molecule is O=C(Nc1ccc2c(c1)OCO2)O[C@@H](CCCO)c1ccc(O)c(F)c1. The molecule has 8 heteroatoms. The van der Waals surface area contributed by atoms with Crippen LogP contribution in [-0.4, -0.2) is 29.7 Å². The second-order valence-electron chi connectivity index (χ2n) is 5.66. The highest BCUT2D eigenvalue weighted by Gasteiger charge is 2.19. The fourth-order valence-electron chi connectivity index (χ4n) is 2.54. The highest BCUT2D eigenvalue weighted by atomic mass is 19.1. The average Bonchev–Trinajstić information content (AvgIpc) is 3.08. The number of halogens is 1. The monoisotopic (exact) mass is 363 g/mol. The van der Waals surface area contributed by atoms with E-state index in [0.29, 0.717) is 35.6 Å². The van der Waals surface area contributed by atoms with Gasteiger partial charge in [0.1, 0.15) is 6.10 Å². The van der Waals surface area contributed by atoms with Gasteiger partial charge in [-0.1, -0.05) is 6.07 Å². The Morgan fingerprint density at radius 3 is 2.81 bits per heavy atom. The molecule has 26 heavy (non-hydrogen) atoms. The van der Waals surface area contributed by atoms with Crippen molar-refractivity contribution in [3.63, 3.8) is 0 Å². The number of aliphatic hydroxyl groups is 1. The fourth-order valence-corrected chi connectivity index (χ4v) is 2.54. The van der Waals surface area contributed by atoms with Gasteiger partial charge in [-0.2, -0.15) is 0 Å². The minimum atomic E-state index is -0.809. The number of anilines is 1. The van der Waals surface area contributed by atoms with Crippen LogP contribution in [0.4, 0.5) is 14.9 Å². The highest BCUT2D eigenvalue weighted by Crippen LogP contribution is 2.34. The largest absolute Gasteiger partial charge is 0.505 e. The van der Waals surface area contributed by atoms with E-state index in [1.165, 1.54) is 12.1 Å². The van der Waals surface area contributed by atoms with Gasteiger partial charge < -0.3 is 24.4 Å². The van der Waals surface area contributed by atoms with Crippen LogP contribution >= 0.6 is 0 Å². The smallest absolute Gasteiger partial charge is 0.412 e. The minimum absolute atomic E-state index is 0.0930. The first-order valence-electron chi connectivity index (χ1n) is 8.03. The first-order valence-corrected chi connectivity index (χ1v) is 8.03. The molecule has 1 heterocycles. The maximum atomic E-state index is 13.6. The van der Waals surface area contributed by atoms with E-state index in [2.05, 4.69) is 5.32 Å². The second kappa shape index (κ2) is 7.92. The minimum Gasteiger partial charge on any atom is -0.505 e. The molecule has 3 rings (SSSR count). The lowest BCUT2D eigenvalue weighted by atomic mass is 10.0. The van der Waals surface area contributed by atoms with E-state index in [0.717, 1.165) is 6.07 Å². The number of benzene rings is 2. The first kappa shape index (κ1) is 17.8. The molecule has 0 bridgehead atoms. The third-order valence-corrected chi connectivity index (χ3v) is 3.84. The van der Waals surface area contributed by atoms with Crippen molar-refractivity contribution in [1.29, 1.82) is 0 Å². The number of ether oxygens (including phenoxy) is 3. The Labute approximate surface area is 148 Å². The molecule has 0 fully saturated rings. The van der Waals surface area contributed by atoms with Crippen molar-refractivity contribution in [2.75, 3.05) is 18.7 Å². The van der Waals surface area contributed by atoms with Crippen molar-refractivity contribution in [3.8, 4) is 17.2 Å². The predicted molar refractivity (Wildman–Crippen MR) is 89.8 cm³/mol. The third kappa shape index (κ3) is 4.15. The summed E-state index contributed by atoms with van der Waals surface area (Å²) in [6.45, 7) is 0.0308. The topological polar surface area (TPSA) is 97.3 Å². The number of phenols is 1. The Morgan fingerprint density at radius 2 is 2.04 bits per heavy atom. The van der Waals surface area contributed by atoms with Crippen molar-refractivity contribution >= 4 is 11.8 Å². The van der Waals surface area contributed by atoms with Gasteiger partial charge in [0.05, 0.1) is 0 Å². The van der Waals surface area contributed by atoms with Gasteiger partial charge in [0.2, 0.25) is 6.79 Å². The lowest BCUT2D eigenvalue weighted by Gasteiger charge is -2.19. The van der Waals surface area contributed by atoms with Gasteiger partial charge in [0, 0.05) is 18.4 Å². The summed E-state index contributed by atoms with van der Waals surface area (Å²) in [5, 5.41) is 20.9. The Kier molecular flexibility index (Phi) is 5.43. The van der Waals surface area contributed by atoms with E-state index in [4.69, 9.17) is 19.3 Å². The van der Waals surface area contributed by atoms with Gasteiger partial charge in [-0.15, -0.1) is 0 Å². The lowest BCUT2D eigenvalue weighted by molar-refractivity contribution is 0.0992. The van der Waals surface area contributed by atoms with Crippen LogP contribution in [0.3, 0.4) is 0 Å². The van der Waals surface area contributed by atoms with Crippen molar-refractivity contribution in [2.45, 2.75) is 18.9 Å². The van der Waals surface area contributed by atoms with E-state index in [-0.39, 0.29) is 13.4 Å². The molecule has 0 saturated carbocycles. The standard InChI is InChI=1S/C18H18FNO6/c19-13-8-11(3-5-14(13)22)15(2-1-7-21)26-18(23)20-12-4-6-16-17(9-12)25-10-24-16/h3-6,8-9,15,21-22H,1-2,7,10H2,(H,20,23)/t15-/m0/s1. The molecular weight excluding hydrogens is 345 g/mol. The molecule has 1 aliphatic rings. The molecule has 0 radical (unpaired) electrons. The summed E-state index contributed by atoms with van der Waals surface area (Å²) >= 11 is 0. The number of amides is 1. The summed E-state index contributed by atoms with van der Waals surface area (Å²) in [4.78, 5) is 12.2. The van der Waals surface area contributed by atoms with Crippen LogP contribution in [0, 0.1) is 5.82 Å². The Balaban J connectivity index is 1.69. The Morgan fingerprint density at radius 1 is 1.23 bits per heavy atom. The highest BCUT2D eigenvalue weighted by molar-refractivity contribution is 5.85. The van der Waals surface area contributed by atoms with Crippen LogP contribution in [0.1, 0.15) is 24.5 Å².